The van der Waals surface area contributed by atoms with Crippen LogP contribution in [0.4, 0.5) is 10.8 Å². The number of carbonyl (C=O) groups is 1. The van der Waals surface area contributed by atoms with E-state index in [-0.39, 0.29) is 5.91 Å². The van der Waals surface area contributed by atoms with Gasteiger partial charge in [0.15, 0.2) is 5.13 Å². The molecule has 140 valence electrons. The summed E-state index contributed by atoms with van der Waals surface area (Å²) in [6.45, 7) is 5.75. The summed E-state index contributed by atoms with van der Waals surface area (Å²) in [5, 5.41) is 4.70. The van der Waals surface area contributed by atoms with Gasteiger partial charge in [-0.25, -0.2) is 4.98 Å². The molecule has 1 aliphatic rings. The standard InChI is InChI=1S/C20H21ClN4OS/c1-14-15(21)5-4-7-16(14)22-19(26)13-24-9-11-25(12-10-24)20-23-17-6-2-3-8-18(17)27-20/h2-8H,9-13H2,1H3,(H,22,26). The van der Waals surface area contributed by atoms with Gasteiger partial charge in [-0.2, -0.15) is 0 Å². The van der Waals surface area contributed by atoms with E-state index in [4.69, 9.17) is 16.6 Å². The fourth-order valence-electron chi connectivity index (χ4n) is 3.23. The third-order valence-electron chi connectivity index (χ3n) is 4.83. The van der Waals surface area contributed by atoms with Gasteiger partial charge in [0.25, 0.3) is 0 Å². The number of carbonyl (C=O) groups excluding carboxylic acids is 1. The zero-order valence-corrected chi connectivity index (χ0v) is 16.7. The van der Waals surface area contributed by atoms with E-state index in [0.29, 0.717) is 11.6 Å². The minimum absolute atomic E-state index is 0.00574. The van der Waals surface area contributed by atoms with Crippen molar-refractivity contribution in [3.05, 3.63) is 53.1 Å². The van der Waals surface area contributed by atoms with Gasteiger partial charge in [0.2, 0.25) is 5.91 Å². The average molecular weight is 401 g/mol. The van der Waals surface area contributed by atoms with Crippen LogP contribution in [-0.2, 0) is 4.79 Å². The molecule has 0 spiro atoms. The van der Waals surface area contributed by atoms with Crippen molar-refractivity contribution in [1.82, 2.24) is 9.88 Å². The van der Waals surface area contributed by atoms with Crippen molar-refractivity contribution < 1.29 is 4.79 Å². The number of benzene rings is 2. The van der Waals surface area contributed by atoms with E-state index in [1.165, 1.54) is 4.70 Å². The largest absolute Gasteiger partial charge is 0.345 e. The van der Waals surface area contributed by atoms with E-state index in [1.54, 1.807) is 11.3 Å². The Morgan fingerprint density at radius 3 is 2.70 bits per heavy atom. The van der Waals surface area contributed by atoms with Crippen LogP contribution in [0.5, 0.6) is 0 Å². The maximum Gasteiger partial charge on any atom is 0.238 e. The molecule has 27 heavy (non-hydrogen) atoms. The molecule has 7 heteroatoms. The highest BCUT2D eigenvalue weighted by Crippen LogP contribution is 2.29. The van der Waals surface area contributed by atoms with Crippen LogP contribution in [-0.4, -0.2) is 48.5 Å². The second kappa shape index (κ2) is 7.84. The quantitative estimate of drug-likeness (QED) is 0.718. The number of nitrogens with one attached hydrogen (secondary N) is 1. The second-order valence-electron chi connectivity index (χ2n) is 6.69. The van der Waals surface area contributed by atoms with Crippen molar-refractivity contribution in [2.75, 3.05) is 42.9 Å². The first-order chi connectivity index (χ1) is 13.1. The molecule has 4 rings (SSSR count). The molecule has 0 unspecified atom stereocenters. The molecule has 0 aliphatic carbocycles. The highest BCUT2D eigenvalue weighted by atomic mass is 35.5. The van der Waals surface area contributed by atoms with Crippen molar-refractivity contribution in [2.24, 2.45) is 0 Å². The van der Waals surface area contributed by atoms with E-state index in [0.717, 1.165) is 48.1 Å². The summed E-state index contributed by atoms with van der Waals surface area (Å²) in [7, 11) is 0. The Bertz CT molecular complexity index is 933. The fourth-order valence-corrected chi connectivity index (χ4v) is 4.42. The van der Waals surface area contributed by atoms with E-state index in [1.807, 2.05) is 43.3 Å². The Hall–Kier alpha value is -2.15. The molecule has 0 atom stereocenters. The first kappa shape index (κ1) is 18.2. The normalized spacial score (nSPS) is 15.3. The van der Waals surface area contributed by atoms with Crippen LogP contribution < -0.4 is 10.2 Å². The Labute approximate surface area is 167 Å². The summed E-state index contributed by atoms with van der Waals surface area (Å²) in [5.74, 6) is -0.00574. The molecule has 1 amide bonds. The summed E-state index contributed by atoms with van der Waals surface area (Å²) < 4.78 is 1.21. The van der Waals surface area contributed by atoms with Gasteiger partial charge in [0.1, 0.15) is 0 Å². The zero-order valence-electron chi connectivity index (χ0n) is 15.1. The molecule has 1 aromatic heterocycles. The molecule has 0 bridgehead atoms. The van der Waals surface area contributed by atoms with Gasteiger partial charge in [0.05, 0.1) is 16.8 Å². The molecule has 0 saturated carbocycles. The van der Waals surface area contributed by atoms with Crippen LogP contribution in [0.2, 0.25) is 5.02 Å². The minimum atomic E-state index is -0.00574. The lowest BCUT2D eigenvalue weighted by Gasteiger charge is -2.34. The van der Waals surface area contributed by atoms with Gasteiger partial charge < -0.3 is 10.2 Å². The van der Waals surface area contributed by atoms with Crippen LogP contribution in [0, 0.1) is 6.92 Å². The summed E-state index contributed by atoms with van der Waals surface area (Å²) in [6.07, 6.45) is 0. The van der Waals surface area contributed by atoms with Gasteiger partial charge in [-0.05, 0) is 36.8 Å². The lowest BCUT2D eigenvalue weighted by molar-refractivity contribution is -0.117. The van der Waals surface area contributed by atoms with E-state index >= 15 is 0 Å². The number of hydrogen-bond donors (Lipinski definition) is 1. The predicted octanol–water partition coefficient (Wildman–Crippen LogP) is 4.02. The Morgan fingerprint density at radius 1 is 1.15 bits per heavy atom. The first-order valence-electron chi connectivity index (χ1n) is 8.98. The Kier molecular flexibility index (Phi) is 5.29. The van der Waals surface area contributed by atoms with Gasteiger partial charge in [-0.1, -0.05) is 41.1 Å². The number of nitrogens with zero attached hydrogens (tertiary/aromatic N) is 3. The van der Waals surface area contributed by atoms with Crippen LogP contribution in [0.1, 0.15) is 5.56 Å². The molecule has 2 aromatic carbocycles. The summed E-state index contributed by atoms with van der Waals surface area (Å²) in [4.78, 5) is 21.6. The third kappa shape index (κ3) is 4.08. The monoisotopic (exact) mass is 400 g/mol. The summed E-state index contributed by atoms with van der Waals surface area (Å²) in [6, 6.07) is 13.8. The van der Waals surface area contributed by atoms with Crippen molar-refractivity contribution in [3.8, 4) is 0 Å². The molecular formula is C20H21ClN4OS. The number of fused-ring (bicyclic) bond motifs is 1. The zero-order chi connectivity index (χ0) is 18.8. The highest BCUT2D eigenvalue weighted by Gasteiger charge is 2.21. The topological polar surface area (TPSA) is 48.5 Å². The number of amides is 1. The second-order valence-corrected chi connectivity index (χ2v) is 8.10. The predicted molar refractivity (Wildman–Crippen MR) is 113 cm³/mol. The SMILES string of the molecule is Cc1c(Cl)cccc1NC(=O)CN1CCN(c2nc3ccccc3s2)CC1. The molecule has 1 saturated heterocycles. The third-order valence-corrected chi connectivity index (χ3v) is 6.34. The van der Waals surface area contributed by atoms with E-state index in [2.05, 4.69) is 21.2 Å². The highest BCUT2D eigenvalue weighted by molar-refractivity contribution is 7.22. The van der Waals surface area contributed by atoms with Crippen molar-refractivity contribution in [2.45, 2.75) is 6.92 Å². The number of hydrogen-bond acceptors (Lipinski definition) is 5. The van der Waals surface area contributed by atoms with Gasteiger partial charge >= 0.3 is 0 Å². The molecule has 2 heterocycles. The van der Waals surface area contributed by atoms with Crippen molar-refractivity contribution >= 4 is 49.9 Å². The number of rotatable bonds is 4. The van der Waals surface area contributed by atoms with Crippen LogP contribution in [0.3, 0.4) is 0 Å². The molecule has 1 fully saturated rings. The number of thiazole rings is 1. The lowest BCUT2D eigenvalue weighted by Crippen LogP contribution is -2.48. The fraction of sp³-hybridized carbons (Fsp3) is 0.300. The van der Waals surface area contributed by atoms with Gasteiger partial charge in [-0.3, -0.25) is 9.69 Å². The van der Waals surface area contributed by atoms with E-state index in [9.17, 15) is 4.79 Å². The van der Waals surface area contributed by atoms with Crippen LogP contribution in [0.15, 0.2) is 42.5 Å². The van der Waals surface area contributed by atoms with Crippen LogP contribution in [0.25, 0.3) is 10.2 Å². The molecular weight excluding hydrogens is 380 g/mol. The number of anilines is 2. The first-order valence-corrected chi connectivity index (χ1v) is 10.2. The molecule has 1 aliphatic heterocycles. The maximum absolute atomic E-state index is 12.4. The Balaban J connectivity index is 1.32. The maximum atomic E-state index is 12.4. The van der Waals surface area contributed by atoms with Gasteiger partial charge in [0, 0.05) is 36.9 Å². The number of para-hydroxylation sites is 1. The number of halogens is 1. The molecule has 3 aromatic rings. The summed E-state index contributed by atoms with van der Waals surface area (Å²) in [5.41, 5.74) is 2.73. The molecule has 5 nitrogen and oxygen atoms in total. The number of aromatic nitrogens is 1. The van der Waals surface area contributed by atoms with Crippen LogP contribution >= 0.6 is 22.9 Å². The average Bonchev–Trinajstić information content (AvgIpc) is 3.10. The Morgan fingerprint density at radius 2 is 1.93 bits per heavy atom. The smallest absolute Gasteiger partial charge is 0.238 e. The van der Waals surface area contributed by atoms with E-state index < -0.39 is 0 Å². The number of piperazine rings is 1. The summed E-state index contributed by atoms with van der Waals surface area (Å²) >= 11 is 7.85. The molecule has 1 N–H and O–H groups in total. The van der Waals surface area contributed by atoms with Gasteiger partial charge in [-0.15, -0.1) is 0 Å². The lowest BCUT2D eigenvalue weighted by atomic mass is 10.2. The minimum Gasteiger partial charge on any atom is -0.345 e. The van der Waals surface area contributed by atoms with Crippen molar-refractivity contribution in [3.63, 3.8) is 0 Å². The van der Waals surface area contributed by atoms with Crippen molar-refractivity contribution in [1.29, 1.82) is 0 Å². The molecule has 0 radical (unpaired) electrons.